The molecule has 1 unspecified atom stereocenters. The van der Waals surface area contributed by atoms with Gasteiger partial charge in [-0.3, -0.25) is 25.0 Å². The van der Waals surface area contributed by atoms with E-state index >= 15 is 0 Å². The summed E-state index contributed by atoms with van der Waals surface area (Å²) in [5.41, 5.74) is 9.17. The van der Waals surface area contributed by atoms with Crippen molar-refractivity contribution in [2.24, 2.45) is 40.7 Å². The molecule has 0 bridgehead atoms. The largest absolute Gasteiger partial charge is 0.322 e. The number of hydrogen-bond acceptors (Lipinski definition) is 6. The van der Waals surface area contributed by atoms with Crippen LogP contribution >= 0.6 is 0 Å². The van der Waals surface area contributed by atoms with E-state index in [-0.39, 0.29) is 18.3 Å². The summed E-state index contributed by atoms with van der Waals surface area (Å²) in [6.07, 6.45) is 3.65. The number of allylic oxidation sites excluding steroid dienone is 1. The van der Waals surface area contributed by atoms with Gasteiger partial charge in [0.25, 0.3) is 0 Å². The summed E-state index contributed by atoms with van der Waals surface area (Å²) >= 11 is 0. The molecule has 0 radical (unpaired) electrons. The first-order valence-corrected chi connectivity index (χ1v) is 10.5. The zero-order valence-electron chi connectivity index (χ0n) is 19.0. The number of hydroxylamine groups is 1. The van der Waals surface area contributed by atoms with Crippen LogP contribution < -0.4 is 22.5 Å². The van der Waals surface area contributed by atoms with Crippen LogP contribution in [-0.4, -0.2) is 28.8 Å². The molecule has 31 heavy (non-hydrogen) atoms. The molecule has 1 aromatic carbocycles. The summed E-state index contributed by atoms with van der Waals surface area (Å²) in [4.78, 5) is 39.4. The van der Waals surface area contributed by atoms with Gasteiger partial charge >= 0.3 is 0 Å². The van der Waals surface area contributed by atoms with E-state index in [0.717, 1.165) is 5.56 Å². The van der Waals surface area contributed by atoms with Crippen LogP contribution in [0.2, 0.25) is 0 Å². The monoisotopic (exact) mass is 432 g/mol. The minimum atomic E-state index is -1.45. The maximum atomic E-state index is 13.6. The highest BCUT2D eigenvalue weighted by Crippen LogP contribution is 2.45. The van der Waals surface area contributed by atoms with Crippen LogP contribution in [-0.2, 0) is 14.4 Å². The van der Waals surface area contributed by atoms with E-state index in [9.17, 15) is 19.6 Å². The lowest BCUT2D eigenvalue weighted by Crippen LogP contribution is -2.57. The Morgan fingerprint density at radius 3 is 2.06 bits per heavy atom. The molecule has 1 aromatic rings. The van der Waals surface area contributed by atoms with E-state index in [2.05, 4.69) is 5.43 Å². The second-order valence-corrected chi connectivity index (χ2v) is 8.77. The van der Waals surface area contributed by atoms with E-state index in [4.69, 9.17) is 11.6 Å². The Labute approximate surface area is 184 Å². The summed E-state index contributed by atoms with van der Waals surface area (Å²) in [5.74, 6) is 0.988. The fraction of sp³-hybridized carbons (Fsp3) is 0.522. The smallest absolute Gasteiger partial charge is 0.248 e. The number of hydrazine groups is 1. The molecule has 0 spiro atoms. The molecule has 0 saturated carbocycles. The molecular formula is C23H36N4O4. The lowest BCUT2D eigenvalue weighted by molar-refractivity contribution is -0.152. The van der Waals surface area contributed by atoms with Crippen LogP contribution in [0.3, 0.4) is 0 Å². The molecule has 0 heterocycles. The number of hydrogen-bond donors (Lipinski definition) is 5. The number of carbonyl (C=O) groups excluding carboxylic acids is 3. The average Bonchev–Trinajstić information content (AvgIpc) is 2.73. The fourth-order valence-corrected chi connectivity index (χ4v) is 4.27. The lowest BCUT2D eigenvalue weighted by atomic mass is 9.59. The van der Waals surface area contributed by atoms with Crippen molar-refractivity contribution in [3.05, 3.63) is 42.0 Å². The molecule has 0 saturated heterocycles. The van der Waals surface area contributed by atoms with Gasteiger partial charge in [-0.15, -0.1) is 0 Å². The van der Waals surface area contributed by atoms with Crippen molar-refractivity contribution in [1.82, 2.24) is 10.9 Å². The number of amides is 2. The van der Waals surface area contributed by atoms with Crippen molar-refractivity contribution in [3.8, 4) is 0 Å². The van der Waals surface area contributed by atoms with Crippen molar-refractivity contribution in [3.63, 3.8) is 0 Å². The summed E-state index contributed by atoms with van der Waals surface area (Å²) in [6, 6.07) is 8.40. The van der Waals surface area contributed by atoms with Crippen LogP contribution in [0.25, 0.3) is 6.08 Å². The Morgan fingerprint density at radius 1 is 1.06 bits per heavy atom. The number of carbonyl (C=O) groups is 3. The molecule has 0 fully saturated rings. The molecule has 0 aromatic heterocycles. The fourth-order valence-electron chi connectivity index (χ4n) is 4.27. The summed E-state index contributed by atoms with van der Waals surface area (Å²) < 4.78 is 0. The van der Waals surface area contributed by atoms with Gasteiger partial charge in [0.1, 0.15) is 0 Å². The first-order valence-electron chi connectivity index (χ1n) is 10.5. The highest BCUT2D eigenvalue weighted by atomic mass is 16.5. The number of ketones is 1. The van der Waals surface area contributed by atoms with Gasteiger partial charge in [0.05, 0.1) is 23.3 Å². The first-order chi connectivity index (χ1) is 14.5. The second-order valence-electron chi connectivity index (χ2n) is 8.77. The number of benzene rings is 1. The Bertz CT molecular complexity index is 777. The van der Waals surface area contributed by atoms with E-state index in [1.165, 1.54) is 0 Å². The number of rotatable bonds is 11. The van der Waals surface area contributed by atoms with E-state index in [0.29, 0.717) is 0 Å². The maximum absolute atomic E-state index is 13.6. The molecule has 4 atom stereocenters. The molecule has 1 rings (SSSR count). The van der Waals surface area contributed by atoms with E-state index < -0.39 is 40.9 Å². The SMILES string of the molecule is CC(C)CC(/C=C/c1ccccc1)(C(=O)[C@@H](C)N)[C@@H](C(=O)NO)[C@H](C(=O)NN)C(C)C. The van der Waals surface area contributed by atoms with Gasteiger partial charge in [-0.1, -0.05) is 70.2 Å². The number of nitrogens with one attached hydrogen (secondary N) is 2. The third-order valence-electron chi connectivity index (χ3n) is 5.46. The zero-order chi connectivity index (χ0) is 23.8. The van der Waals surface area contributed by atoms with Gasteiger partial charge in [-0.05, 0) is 30.7 Å². The minimum Gasteiger partial charge on any atom is -0.322 e. The second kappa shape index (κ2) is 11.7. The Morgan fingerprint density at radius 2 is 1.65 bits per heavy atom. The number of Topliss-reactive ketones (excluding diaryl/α,β-unsaturated/α-hetero) is 1. The van der Waals surface area contributed by atoms with Gasteiger partial charge in [-0.2, -0.15) is 0 Å². The van der Waals surface area contributed by atoms with Gasteiger partial charge in [0, 0.05) is 0 Å². The molecule has 8 nitrogen and oxygen atoms in total. The number of nitrogens with two attached hydrogens (primary N) is 2. The maximum Gasteiger partial charge on any atom is 0.248 e. The van der Waals surface area contributed by atoms with Gasteiger partial charge < -0.3 is 5.73 Å². The van der Waals surface area contributed by atoms with E-state index in [1.54, 1.807) is 38.4 Å². The highest BCUT2D eigenvalue weighted by molar-refractivity contribution is 5.99. The molecule has 0 aliphatic carbocycles. The lowest BCUT2D eigenvalue weighted by Gasteiger charge is -2.42. The summed E-state index contributed by atoms with van der Waals surface area (Å²) in [7, 11) is 0. The summed E-state index contributed by atoms with van der Waals surface area (Å²) in [5, 5.41) is 9.56. The van der Waals surface area contributed by atoms with E-state index in [1.807, 2.05) is 44.2 Å². The van der Waals surface area contributed by atoms with Crippen molar-refractivity contribution < 1.29 is 19.6 Å². The van der Waals surface area contributed by atoms with Crippen LogP contribution in [0.15, 0.2) is 36.4 Å². The Kier molecular flexibility index (Phi) is 10.0. The van der Waals surface area contributed by atoms with Crippen molar-refractivity contribution in [2.75, 3.05) is 0 Å². The molecule has 0 aliphatic heterocycles. The van der Waals surface area contributed by atoms with Crippen LogP contribution in [0, 0.1) is 29.1 Å². The van der Waals surface area contributed by atoms with Crippen molar-refractivity contribution >= 4 is 23.7 Å². The van der Waals surface area contributed by atoms with Gasteiger partial charge in [-0.25, -0.2) is 11.3 Å². The standard InChI is InChI=1S/C23H36N4O4/c1-14(2)13-23(20(28)16(5)24,12-11-17-9-7-6-8-10-17)19(22(30)27-31)18(15(3)4)21(29)26-25/h6-12,14-16,18-19,31H,13,24-25H2,1-5H3,(H,26,29)(H,27,30)/b12-11+/t16-,18-,19-,23?/m1/s1. The predicted octanol–water partition coefficient (Wildman–Crippen LogP) is 2.03. The normalized spacial score (nSPS) is 16.6. The summed E-state index contributed by atoms with van der Waals surface area (Å²) in [6.45, 7) is 8.90. The Balaban J connectivity index is 3.89. The molecule has 0 aliphatic rings. The minimum absolute atomic E-state index is 0.0223. The molecule has 172 valence electrons. The molecule has 8 heteroatoms. The van der Waals surface area contributed by atoms with Crippen LogP contribution in [0.1, 0.15) is 46.6 Å². The van der Waals surface area contributed by atoms with Crippen LogP contribution in [0.4, 0.5) is 0 Å². The topological polar surface area (TPSA) is 148 Å². The molecule has 2 amide bonds. The van der Waals surface area contributed by atoms with Gasteiger partial charge in [0.15, 0.2) is 5.78 Å². The van der Waals surface area contributed by atoms with Crippen molar-refractivity contribution in [2.45, 2.75) is 47.1 Å². The predicted molar refractivity (Wildman–Crippen MR) is 120 cm³/mol. The zero-order valence-corrected chi connectivity index (χ0v) is 19.0. The van der Waals surface area contributed by atoms with Gasteiger partial charge in [0.2, 0.25) is 11.8 Å². The molecule has 7 N–H and O–H groups in total. The molecular weight excluding hydrogens is 396 g/mol. The van der Waals surface area contributed by atoms with Crippen LogP contribution in [0.5, 0.6) is 0 Å². The highest BCUT2D eigenvalue weighted by Gasteiger charge is 2.53. The quantitative estimate of drug-likeness (QED) is 0.156. The van der Waals surface area contributed by atoms with Crippen molar-refractivity contribution in [1.29, 1.82) is 0 Å². The third-order valence-corrected chi connectivity index (χ3v) is 5.46. The average molecular weight is 433 g/mol. The Hall–Kier alpha value is -2.55. The third kappa shape index (κ3) is 6.46. The first kappa shape index (κ1) is 26.5.